The predicted molar refractivity (Wildman–Crippen MR) is 116 cm³/mol. The van der Waals surface area contributed by atoms with Crippen molar-refractivity contribution in [1.29, 1.82) is 0 Å². The molecule has 2 aliphatic heterocycles. The molecule has 0 saturated carbocycles. The number of nitrogens with zero attached hydrogens (tertiary/aromatic N) is 2. The first-order chi connectivity index (χ1) is 14.1. The number of carbonyl (C=O) groups excluding carboxylic acids is 2. The molecule has 2 heterocycles. The molecule has 2 aromatic rings. The predicted octanol–water partition coefficient (Wildman–Crippen LogP) is 3.97. The van der Waals surface area contributed by atoms with Crippen LogP contribution in [0.3, 0.4) is 0 Å². The SMILES string of the molecule is Cc1cccc(CN2CCC(C(=O)Nc3ccc(N4CCCC4=O)cc3)CC2)c1. The molecule has 5 heteroatoms. The molecule has 2 saturated heterocycles. The molecule has 5 nitrogen and oxygen atoms in total. The van der Waals surface area contributed by atoms with Crippen LogP contribution in [0.4, 0.5) is 11.4 Å². The molecule has 0 aromatic heterocycles. The first-order valence-electron chi connectivity index (χ1n) is 10.6. The molecule has 2 aromatic carbocycles. The third kappa shape index (κ3) is 4.85. The number of anilines is 2. The highest BCUT2D eigenvalue weighted by Gasteiger charge is 2.25. The Labute approximate surface area is 172 Å². The molecular weight excluding hydrogens is 362 g/mol. The Kier molecular flexibility index (Phi) is 5.95. The lowest BCUT2D eigenvalue weighted by Crippen LogP contribution is -2.37. The van der Waals surface area contributed by atoms with E-state index in [1.165, 1.54) is 11.1 Å². The molecule has 0 atom stereocenters. The van der Waals surface area contributed by atoms with Crippen molar-refractivity contribution in [3.8, 4) is 0 Å². The van der Waals surface area contributed by atoms with Crippen LogP contribution >= 0.6 is 0 Å². The van der Waals surface area contributed by atoms with Gasteiger partial charge in [0.1, 0.15) is 0 Å². The van der Waals surface area contributed by atoms with Crippen molar-refractivity contribution in [2.45, 2.75) is 39.2 Å². The molecule has 1 N–H and O–H groups in total. The van der Waals surface area contributed by atoms with Gasteiger partial charge in [-0.25, -0.2) is 0 Å². The molecule has 0 radical (unpaired) electrons. The molecule has 0 bridgehead atoms. The van der Waals surface area contributed by atoms with Crippen LogP contribution in [0.15, 0.2) is 48.5 Å². The van der Waals surface area contributed by atoms with Gasteiger partial charge < -0.3 is 10.2 Å². The third-order valence-electron chi connectivity index (χ3n) is 5.97. The second kappa shape index (κ2) is 8.78. The molecule has 4 rings (SSSR count). The molecule has 2 aliphatic rings. The monoisotopic (exact) mass is 391 g/mol. The maximum absolute atomic E-state index is 12.7. The number of aryl methyl sites for hydroxylation is 1. The minimum absolute atomic E-state index is 0.0589. The van der Waals surface area contributed by atoms with Crippen molar-refractivity contribution < 1.29 is 9.59 Å². The number of amides is 2. The van der Waals surface area contributed by atoms with E-state index in [0.29, 0.717) is 6.42 Å². The number of nitrogens with one attached hydrogen (secondary N) is 1. The first-order valence-corrected chi connectivity index (χ1v) is 10.6. The minimum Gasteiger partial charge on any atom is -0.326 e. The van der Waals surface area contributed by atoms with Crippen molar-refractivity contribution in [2.24, 2.45) is 5.92 Å². The third-order valence-corrected chi connectivity index (χ3v) is 5.97. The van der Waals surface area contributed by atoms with Crippen molar-refractivity contribution in [3.05, 3.63) is 59.7 Å². The van der Waals surface area contributed by atoms with E-state index >= 15 is 0 Å². The van der Waals surface area contributed by atoms with E-state index in [2.05, 4.69) is 41.4 Å². The van der Waals surface area contributed by atoms with Crippen LogP contribution in [-0.4, -0.2) is 36.3 Å². The summed E-state index contributed by atoms with van der Waals surface area (Å²) in [6.45, 7) is 5.75. The lowest BCUT2D eigenvalue weighted by atomic mass is 9.95. The summed E-state index contributed by atoms with van der Waals surface area (Å²) < 4.78 is 0. The Hall–Kier alpha value is -2.66. The van der Waals surface area contributed by atoms with Crippen LogP contribution < -0.4 is 10.2 Å². The quantitative estimate of drug-likeness (QED) is 0.839. The van der Waals surface area contributed by atoms with E-state index in [4.69, 9.17) is 0 Å². The number of piperidine rings is 1. The van der Waals surface area contributed by atoms with Crippen LogP contribution in [-0.2, 0) is 16.1 Å². The number of hydrogen-bond acceptors (Lipinski definition) is 3. The van der Waals surface area contributed by atoms with Gasteiger partial charge in [-0.05, 0) is 69.1 Å². The summed E-state index contributed by atoms with van der Waals surface area (Å²) in [5.41, 5.74) is 4.34. The minimum atomic E-state index is 0.0589. The summed E-state index contributed by atoms with van der Waals surface area (Å²) in [5.74, 6) is 0.341. The van der Waals surface area contributed by atoms with Crippen LogP contribution in [0, 0.1) is 12.8 Å². The average molecular weight is 392 g/mol. The largest absolute Gasteiger partial charge is 0.326 e. The van der Waals surface area contributed by atoms with E-state index in [9.17, 15) is 9.59 Å². The fourth-order valence-corrected chi connectivity index (χ4v) is 4.31. The molecule has 0 spiro atoms. The van der Waals surface area contributed by atoms with Gasteiger partial charge in [0.05, 0.1) is 0 Å². The van der Waals surface area contributed by atoms with Crippen LogP contribution in [0.5, 0.6) is 0 Å². The number of hydrogen-bond donors (Lipinski definition) is 1. The molecule has 29 heavy (non-hydrogen) atoms. The summed E-state index contributed by atoms with van der Waals surface area (Å²) in [4.78, 5) is 28.8. The highest BCUT2D eigenvalue weighted by atomic mass is 16.2. The zero-order chi connectivity index (χ0) is 20.2. The number of benzene rings is 2. The maximum Gasteiger partial charge on any atom is 0.227 e. The van der Waals surface area contributed by atoms with Gasteiger partial charge in [0.15, 0.2) is 0 Å². The van der Waals surface area contributed by atoms with Crippen molar-refractivity contribution in [3.63, 3.8) is 0 Å². The second-order valence-electron chi connectivity index (χ2n) is 8.22. The lowest BCUT2D eigenvalue weighted by molar-refractivity contribution is -0.121. The highest BCUT2D eigenvalue weighted by Crippen LogP contribution is 2.25. The summed E-state index contributed by atoms with van der Waals surface area (Å²) in [5, 5.41) is 3.05. The molecule has 0 aliphatic carbocycles. The van der Waals surface area contributed by atoms with Crippen molar-refractivity contribution in [1.82, 2.24) is 4.90 Å². The summed E-state index contributed by atoms with van der Waals surface area (Å²) >= 11 is 0. The van der Waals surface area contributed by atoms with E-state index in [1.807, 2.05) is 29.2 Å². The van der Waals surface area contributed by atoms with Gasteiger partial charge in [-0.1, -0.05) is 29.8 Å². The van der Waals surface area contributed by atoms with E-state index < -0.39 is 0 Å². The van der Waals surface area contributed by atoms with Gasteiger partial charge in [0.25, 0.3) is 0 Å². The van der Waals surface area contributed by atoms with E-state index in [1.54, 1.807) is 0 Å². The zero-order valence-electron chi connectivity index (χ0n) is 17.1. The Balaban J connectivity index is 1.27. The fraction of sp³-hybridized carbons (Fsp3) is 0.417. The lowest BCUT2D eigenvalue weighted by Gasteiger charge is -2.31. The van der Waals surface area contributed by atoms with Gasteiger partial charge in [0, 0.05) is 36.8 Å². The van der Waals surface area contributed by atoms with E-state index in [0.717, 1.165) is 56.8 Å². The topological polar surface area (TPSA) is 52.7 Å². The van der Waals surface area contributed by atoms with Crippen molar-refractivity contribution in [2.75, 3.05) is 29.9 Å². The zero-order valence-corrected chi connectivity index (χ0v) is 17.1. The Morgan fingerprint density at radius 1 is 1.07 bits per heavy atom. The summed E-state index contributed by atoms with van der Waals surface area (Å²) in [6, 6.07) is 16.3. The molecule has 152 valence electrons. The van der Waals surface area contributed by atoms with Gasteiger partial charge in [0.2, 0.25) is 11.8 Å². The fourth-order valence-electron chi connectivity index (χ4n) is 4.31. The van der Waals surface area contributed by atoms with Gasteiger partial charge in [-0.15, -0.1) is 0 Å². The van der Waals surface area contributed by atoms with Crippen molar-refractivity contribution >= 4 is 23.2 Å². The average Bonchev–Trinajstić information content (AvgIpc) is 3.15. The Morgan fingerprint density at radius 2 is 1.83 bits per heavy atom. The number of rotatable bonds is 5. The molecular formula is C24H29N3O2. The Bertz CT molecular complexity index is 870. The normalized spacial score (nSPS) is 18.2. The van der Waals surface area contributed by atoms with Crippen LogP contribution in [0.2, 0.25) is 0 Å². The van der Waals surface area contributed by atoms with Gasteiger partial charge in [-0.3, -0.25) is 14.5 Å². The first kappa shape index (κ1) is 19.6. The number of likely N-dealkylation sites (tertiary alicyclic amines) is 1. The molecule has 0 unspecified atom stereocenters. The Morgan fingerprint density at radius 3 is 2.48 bits per heavy atom. The summed E-state index contributed by atoms with van der Waals surface area (Å²) in [7, 11) is 0. The highest BCUT2D eigenvalue weighted by molar-refractivity contribution is 5.96. The standard InChI is InChI=1S/C24H29N3O2/c1-18-4-2-5-19(16-18)17-26-14-11-20(12-15-26)24(29)25-21-7-9-22(10-8-21)27-13-3-6-23(27)28/h2,4-5,7-10,16,20H,3,6,11-15,17H2,1H3,(H,25,29). The second-order valence-corrected chi connectivity index (χ2v) is 8.22. The smallest absolute Gasteiger partial charge is 0.227 e. The van der Waals surface area contributed by atoms with Crippen LogP contribution in [0.1, 0.15) is 36.8 Å². The van der Waals surface area contributed by atoms with E-state index in [-0.39, 0.29) is 17.7 Å². The molecule has 2 fully saturated rings. The maximum atomic E-state index is 12.7. The summed E-state index contributed by atoms with van der Waals surface area (Å²) in [6.07, 6.45) is 3.32. The number of carbonyl (C=O) groups is 2. The van der Waals surface area contributed by atoms with Gasteiger partial charge in [-0.2, -0.15) is 0 Å². The van der Waals surface area contributed by atoms with Crippen LogP contribution in [0.25, 0.3) is 0 Å². The van der Waals surface area contributed by atoms with Gasteiger partial charge >= 0.3 is 0 Å². The molecule has 2 amide bonds.